The van der Waals surface area contributed by atoms with Crippen LogP contribution >= 0.6 is 0 Å². The van der Waals surface area contributed by atoms with Crippen LogP contribution in [0, 0.1) is 0 Å². The lowest BCUT2D eigenvalue weighted by Gasteiger charge is -2.63. The van der Waals surface area contributed by atoms with Crippen LogP contribution in [0.1, 0.15) is 59.1 Å². The molecule has 12 aliphatic rings. The van der Waals surface area contributed by atoms with Crippen molar-refractivity contribution in [1.29, 1.82) is 0 Å². The molecule has 6 heterocycles. The van der Waals surface area contributed by atoms with Gasteiger partial charge in [-0.05, 0) is 138 Å². The van der Waals surface area contributed by atoms with E-state index in [1.165, 1.54) is 22.8 Å². The van der Waals surface area contributed by atoms with Crippen LogP contribution in [0.5, 0.6) is 34.5 Å². The summed E-state index contributed by atoms with van der Waals surface area (Å²) in [6.45, 7) is 2.54. The maximum Gasteiger partial charge on any atom is 0.196 e. The smallest absolute Gasteiger partial charge is 0.196 e. The van der Waals surface area contributed by atoms with Crippen LogP contribution < -0.4 is 14.2 Å². The van der Waals surface area contributed by atoms with Crippen LogP contribution in [0.3, 0.4) is 0 Å². The minimum Gasteiger partial charge on any atom is -0.504 e. The molecular weight excluding hydrogens is 859 g/mol. The molecule has 0 aromatic heterocycles. The summed E-state index contributed by atoms with van der Waals surface area (Å²) in [7, 11) is 7.85. The van der Waals surface area contributed by atoms with Crippen molar-refractivity contribution in [3.8, 4) is 34.5 Å². The molecule has 3 aromatic rings. The first-order valence-electron chi connectivity index (χ1n) is 23.6. The monoisotopic (exact) mass is 913 g/mol. The van der Waals surface area contributed by atoms with Gasteiger partial charge in [0.15, 0.2) is 64.4 Å². The molecular formula is C52H55N3O12. The van der Waals surface area contributed by atoms with Gasteiger partial charge in [-0.15, -0.1) is 0 Å². The Kier molecular flexibility index (Phi) is 8.36. The number of rotatable bonds is 1. The second-order valence-corrected chi connectivity index (χ2v) is 21.1. The Morgan fingerprint density at radius 1 is 0.642 bits per heavy atom. The number of ketones is 2. The first-order chi connectivity index (χ1) is 32.1. The van der Waals surface area contributed by atoms with Gasteiger partial charge in [0.25, 0.3) is 0 Å². The highest BCUT2D eigenvalue weighted by Crippen LogP contribution is 2.66. The maximum absolute atomic E-state index is 12.6. The van der Waals surface area contributed by atoms with E-state index in [4.69, 9.17) is 18.9 Å². The van der Waals surface area contributed by atoms with Gasteiger partial charge in [0.2, 0.25) is 0 Å². The number of benzene rings is 3. The number of nitrogens with zero attached hydrogens (tertiary/aromatic N) is 3. The summed E-state index contributed by atoms with van der Waals surface area (Å²) in [6, 6.07) is 10.8. The quantitative estimate of drug-likeness (QED) is 0.208. The van der Waals surface area contributed by atoms with E-state index in [1.807, 2.05) is 32.3 Å². The summed E-state index contributed by atoms with van der Waals surface area (Å²) in [5, 5.41) is 64.6. The van der Waals surface area contributed by atoms with Crippen molar-refractivity contribution < 1.29 is 59.2 Å². The predicted octanol–water partition coefficient (Wildman–Crippen LogP) is 2.36. The maximum atomic E-state index is 12.6. The standard InChI is InChI=1S/C18H19NO3.C17H19NO5.C17H17NO4/c1-19-8-7-18-11-4-6-14(21-2)17(18)22-16-13(20)5-3-10(15(16)18)9-12(11)19;1-18-5-4-16-13-8-2-3-9(19)14(13)23-15(16)10(20)7-12(21)17(16,22)11(18)6-8;1-18-7-6-16-13-9-2-3-10(19)14(13)22-15(16)11(20)4-5-17(16,21)12(18)8-9/h3-6,12,17,20H,7-9H2,1-2H3;2-3,11-12,15,19,21-22H,4-7H2,1H3;2-5,12,15,19,21H,6-8H2,1H3/t12-,17+,18+;11-,12?,15+,16+,17+;12-,15+,16+,17-/m111/s1. The van der Waals surface area contributed by atoms with Crippen molar-refractivity contribution in [1.82, 2.24) is 14.7 Å². The molecule has 12 atom stereocenters. The Morgan fingerprint density at radius 2 is 1.19 bits per heavy atom. The second-order valence-electron chi connectivity index (χ2n) is 21.1. The lowest BCUT2D eigenvalue weighted by molar-refractivity contribution is -0.226. The zero-order chi connectivity index (χ0) is 46.5. The van der Waals surface area contributed by atoms with Crippen LogP contribution in [0.2, 0.25) is 0 Å². The molecule has 15 nitrogen and oxygen atoms in total. The van der Waals surface area contributed by atoms with Crippen LogP contribution in [-0.4, -0.2) is 159 Å². The highest BCUT2D eigenvalue weighted by molar-refractivity contribution is 5.99. The van der Waals surface area contributed by atoms with Crippen LogP contribution in [-0.2, 0) is 49.8 Å². The number of piperidine rings is 3. The SMILES string of the molecule is CN1CC[C@]23c4c5ccc(O)c4O[C@H]2C(=O)C=C[C@@]3(O)[C@H]1C5.CN1CC[C@]23c4c5ccc(O)c4O[C@H]2C(=O)CC(O)[C@@]3(O)[C@H]1C5.COC1=CC=C2[C@H]3Cc4ccc(O)c5c4[C@@]2(CCN3C)[C@H]1O5. The number of phenolic OH excluding ortho intramolecular Hbond substituents is 3. The fourth-order valence-corrected chi connectivity index (χ4v) is 15.7. The van der Waals surface area contributed by atoms with Crippen molar-refractivity contribution >= 4 is 11.6 Å². The number of methoxy groups -OCH3 is 1. The third-order valence-corrected chi connectivity index (χ3v) is 18.7. The number of aromatic hydroxyl groups is 3. The number of likely N-dealkylation sites (tertiary alicyclic amines) is 3. The number of likely N-dealkylation sites (N-methyl/N-ethyl adjacent to an activating group) is 3. The van der Waals surface area contributed by atoms with Gasteiger partial charge in [0.05, 0.1) is 29.5 Å². The Hall–Kier alpha value is -5.42. The molecule has 15 heteroatoms. The van der Waals surface area contributed by atoms with Crippen molar-refractivity contribution in [3.05, 3.63) is 105 Å². The van der Waals surface area contributed by atoms with E-state index in [0.717, 1.165) is 53.9 Å². The minimum absolute atomic E-state index is 0.00505. The summed E-state index contributed by atoms with van der Waals surface area (Å²) in [6.07, 6.45) is 8.84. The van der Waals surface area contributed by atoms with E-state index in [-0.39, 0.29) is 58.8 Å². The number of ether oxygens (including phenoxy) is 4. The number of allylic oxidation sites excluding steroid dienone is 2. The van der Waals surface area contributed by atoms with E-state index in [2.05, 4.69) is 33.9 Å². The third kappa shape index (κ3) is 4.69. The predicted molar refractivity (Wildman–Crippen MR) is 240 cm³/mol. The van der Waals surface area contributed by atoms with Crippen molar-refractivity contribution in [2.24, 2.45) is 0 Å². The summed E-state index contributed by atoms with van der Waals surface area (Å²) in [4.78, 5) is 31.7. The molecule has 0 amide bonds. The summed E-state index contributed by atoms with van der Waals surface area (Å²) >= 11 is 0. The largest absolute Gasteiger partial charge is 0.504 e. The van der Waals surface area contributed by atoms with Gasteiger partial charge < -0.3 is 54.5 Å². The molecule has 67 heavy (non-hydrogen) atoms. The Morgan fingerprint density at radius 3 is 1.87 bits per heavy atom. The van der Waals surface area contributed by atoms with E-state index in [0.29, 0.717) is 55.5 Å². The first kappa shape index (κ1) is 41.7. The van der Waals surface area contributed by atoms with Crippen LogP contribution in [0.25, 0.3) is 0 Å². The molecule has 6 bridgehead atoms. The Bertz CT molecular complexity index is 2860. The summed E-state index contributed by atoms with van der Waals surface area (Å²) < 4.78 is 23.6. The molecule has 0 radical (unpaired) electrons. The Balaban J connectivity index is 0.0000000998. The molecule has 6 aliphatic carbocycles. The number of aliphatic hydroxyl groups is 3. The van der Waals surface area contributed by atoms with E-state index < -0.39 is 40.3 Å². The average molecular weight is 914 g/mol. The molecule has 6 N–H and O–H groups in total. The third-order valence-electron chi connectivity index (χ3n) is 18.7. The number of phenols is 3. The van der Waals surface area contributed by atoms with Gasteiger partial charge in [-0.1, -0.05) is 24.3 Å². The van der Waals surface area contributed by atoms with Crippen molar-refractivity contribution in [3.63, 3.8) is 0 Å². The average Bonchev–Trinajstić information content (AvgIpc) is 3.98. The number of hydrogen-bond donors (Lipinski definition) is 6. The normalized spacial score (nSPS) is 40.0. The second kappa shape index (κ2) is 13.4. The van der Waals surface area contributed by atoms with Crippen LogP contribution in [0.15, 0.2) is 72.0 Å². The molecule has 6 aliphatic heterocycles. The first-order valence-corrected chi connectivity index (χ1v) is 23.6. The summed E-state index contributed by atoms with van der Waals surface area (Å²) in [5.74, 6) is 2.19. The molecule has 3 spiro atoms. The highest BCUT2D eigenvalue weighted by atomic mass is 16.5. The fraction of sp³-hybridized carbons (Fsp3) is 0.500. The topological polar surface area (TPSA) is 202 Å². The highest BCUT2D eigenvalue weighted by Gasteiger charge is 2.76. The molecule has 15 rings (SSSR count). The number of aliphatic hydroxyl groups excluding tert-OH is 1. The van der Waals surface area contributed by atoms with Crippen molar-refractivity contribution in [2.75, 3.05) is 47.9 Å². The lowest BCUT2D eigenvalue weighted by atomic mass is 9.48. The molecule has 3 saturated heterocycles. The Labute approximate surface area is 387 Å². The van der Waals surface area contributed by atoms with Gasteiger partial charge in [-0.3, -0.25) is 19.4 Å². The molecule has 1 saturated carbocycles. The van der Waals surface area contributed by atoms with E-state index in [9.17, 15) is 40.2 Å². The number of Topliss-reactive ketones (excluding diaryl/α,β-unsaturated/α-hetero) is 1. The molecule has 3 aromatic carbocycles. The molecule has 4 fully saturated rings. The van der Waals surface area contributed by atoms with E-state index >= 15 is 0 Å². The molecule has 1 unspecified atom stereocenters. The number of hydrogen-bond acceptors (Lipinski definition) is 15. The zero-order valence-electron chi connectivity index (χ0n) is 37.9. The molecule has 350 valence electrons. The van der Waals surface area contributed by atoms with Gasteiger partial charge in [-0.25, -0.2) is 0 Å². The minimum atomic E-state index is -1.44. The lowest BCUT2D eigenvalue weighted by Crippen LogP contribution is -2.80. The zero-order valence-corrected chi connectivity index (χ0v) is 37.9. The van der Waals surface area contributed by atoms with Gasteiger partial charge >= 0.3 is 0 Å². The van der Waals surface area contributed by atoms with E-state index in [1.54, 1.807) is 31.4 Å². The van der Waals surface area contributed by atoms with Crippen molar-refractivity contribution in [2.45, 2.75) is 115 Å². The van der Waals surface area contributed by atoms with Gasteiger partial charge in [-0.2, -0.15) is 0 Å². The number of carbonyl (C=O) groups is 2. The number of carbonyl (C=O) groups excluding carboxylic acids is 2. The summed E-state index contributed by atoms with van der Waals surface area (Å²) in [5.41, 5.74) is 3.12. The fourth-order valence-electron chi connectivity index (χ4n) is 15.7. The van der Waals surface area contributed by atoms with Gasteiger partial charge in [0.1, 0.15) is 17.0 Å². The van der Waals surface area contributed by atoms with Gasteiger partial charge in [0, 0.05) is 41.2 Å². The van der Waals surface area contributed by atoms with Crippen LogP contribution in [0.4, 0.5) is 0 Å².